The predicted octanol–water partition coefficient (Wildman–Crippen LogP) is 15.5. The first kappa shape index (κ1) is 34.1. The van der Waals surface area contributed by atoms with E-state index in [1.807, 2.05) is 11.3 Å². The molecule has 0 amide bonds. The lowest BCUT2D eigenvalue weighted by molar-refractivity contribution is 0.607. The molecule has 0 aliphatic carbocycles. The van der Waals surface area contributed by atoms with Gasteiger partial charge in [-0.2, -0.15) is 0 Å². The highest BCUT2D eigenvalue weighted by atomic mass is 32.1. The van der Waals surface area contributed by atoms with E-state index in [9.17, 15) is 0 Å². The second kappa shape index (κ2) is 15.3. The third-order valence-electron chi connectivity index (χ3n) is 11.0. The van der Waals surface area contributed by atoms with Crippen molar-refractivity contribution in [2.75, 3.05) is 0 Å². The lowest BCUT2D eigenvalue weighted by Gasteiger charge is -2.12. The van der Waals surface area contributed by atoms with Crippen LogP contribution in [0.25, 0.3) is 82.7 Å². The molecule has 0 unspecified atom stereocenters. The summed E-state index contributed by atoms with van der Waals surface area (Å²) in [7, 11) is 0. The van der Waals surface area contributed by atoms with E-state index in [0.29, 0.717) is 0 Å². The summed E-state index contributed by atoms with van der Waals surface area (Å²) in [4.78, 5) is 0. The number of benzene rings is 7. The van der Waals surface area contributed by atoms with Gasteiger partial charge in [-0.1, -0.05) is 185 Å². The van der Waals surface area contributed by atoms with Gasteiger partial charge in [0.15, 0.2) is 0 Å². The monoisotopic (exact) mass is 715 g/mol. The molecule has 0 spiro atoms. The van der Waals surface area contributed by atoms with Crippen molar-refractivity contribution in [3.05, 3.63) is 173 Å². The van der Waals surface area contributed by atoms with Crippen molar-refractivity contribution < 1.29 is 0 Å². The van der Waals surface area contributed by atoms with Gasteiger partial charge in [0.05, 0.1) is 11.0 Å². The van der Waals surface area contributed by atoms with Gasteiger partial charge in [-0.25, -0.2) is 0 Å². The molecule has 2 aromatic heterocycles. The van der Waals surface area contributed by atoms with Crippen LogP contribution in [0.1, 0.15) is 73.3 Å². The van der Waals surface area contributed by atoms with E-state index in [1.54, 1.807) is 0 Å². The molecule has 0 bridgehead atoms. The molecule has 0 fully saturated rings. The fourth-order valence-corrected chi connectivity index (χ4v) is 9.37. The number of unbranched alkanes of at least 4 members (excludes halogenated alkanes) is 5. The van der Waals surface area contributed by atoms with Crippen LogP contribution in [0.5, 0.6) is 0 Å². The zero-order valence-corrected chi connectivity index (χ0v) is 31.8. The zero-order valence-electron chi connectivity index (χ0n) is 31.0. The fraction of sp³-hybridized carbons (Fsp3) is 0.154. The fourth-order valence-electron chi connectivity index (χ4n) is 8.09. The summed E-state index contributed by atoms with van der Waals surface area (Å²) in [5.74, 6) is 0. The Labute approximate surface area is 322 Å². The summed E-state index contributed by atoms with van der Waals surface area (Å²) in [5.41, 5.74) is 10.00. The minimum absolute atomic E-state index is 1.14. The first-order valence-corrected chi connectivity index (χ1v) is 20.5. The normalized spacial score (nSPS) is 12.2. The largest absolute Gasteiger partial charge is 0.309 e. The maximum Gasteiger partial charge on any atom is 0.0619 e. The minimum Gasteiger partial charge on any atom is -0.309 e. The van der Waals surface area contributed by atoms with Crippen molar-refractivity contribution in [2.24, 2.45) is 0 Å². The van der Waals surface area contributed by atoms with Gasteiger partial charge >= 0.3 is 0 Å². The Morgan fingerprint density at radius 3 is 1.69 bits per heavy atom. The Kier molecular flexibility index (Phi) is 9.69. The quantitative estimate of drug-likeness (QED) is 0.0877. The van der Waals surface area contributed by atoms with E-state index < -0.39 is 0 Å². The molecule has 2 heteroatoms. The number of aryl methyl sites for hydroxylation is 1. The summed E-state index contributed by atoms with van der Waals surface area (Å²) >= 11 is 1.91. The first-order valence-electron chi connectivity index (χ1n) is 19.7. The van der Waals surface area contributed by atoms with Crippen LogP contribution < -0.4 is 0 Å². The Bertz CT molecular complexity index is 2780. The number of nitrogens with zero attached hydrogens (tertiary/aromatic N) is 1. The van der Waals surface area contributed by atoms with Crippen molar-refractivity contribution in [3.63, 3.8) is 0 Å². The molecule has 9 rings (SSSR count). The average molecular weight is 716 g/mol. The van der Waals surface area contributed by atoms with Gasteiger partial charge in [0.2, 0.25) is 0 Å². The van der Waals surface area contributed by atoms with Gasteiger partial charge < -0.3 is 4.57 Å². The molecule has 0 radical (unpaired) electrons. The molecule has 0 saturated carbocycles. The highest BCUT2D eigenvalue weighted by Crippen LogP contribution is 2.43. The molecule has 264 valence electrons. The number of aromatic nitrogens is 1. The van der Waals surface area contributed by atoms with Gasteiger partial charge in [0.25, 0.3) is 0 Å². The molecular formula is C52H45NS. The summed E-state index contributed by atoms with van der Waals surface area (Å²) in [6, 6.07) is 53.8. The van der Waals surface area contributed by atoms with Crippen LogP contribution in [-0.4, -0.2) is 4.57 Å². The van der Waals surface area contributed by atoms with Crippen LogP contribution in [0.3, 0.4) is 0 Å². The second-order valence-electron chi connectivity index (χ2n) is 14.6. The van der Waals surface area contributed by atoms with Crippen LogP contribution in [0.15, 0.2) is 146 Å². The van der Waals surface area contributed by atoms with Crippen LogP contribution >= 0.6 is 11.3 Å². The predicted molar refractivity (Wildman–Crippen MR) is 239 cm³/mol. The lowest BCUT2D eigenvalue weighted by atomic mass is 10.0. The third-order valence-corrected chi connectivity index (χ3v) is 12.2. The summed E-state index contributed by atoms with van der Waals surface area (Å²) in [6.07, 6.45) is 18.0. The van der Waals surface area contributed by atoms with Crippen molar-refractivity contribution in [1.82, 2.24) is 4.57 Å². The Balaban J connectivity index is 1.16. The smallest absolute Gasteiger partial charge is 0.0619 e. The van der Waals surface area contributed by atoms with Gasteiger partial charge in [-0.15, -0.1) is 11.3 Å². The van der Waals surface area contributed by atoms with Crippen molar-refractivity contribution >= 4 is 88.4 Å². The van der Waals surface area contributed by atoms with E-state index in [1.165, 1.54) is 125 Å². The Morgan fingerprint density at radius 1 is 0.463 bits per heavy atom. The summed E-state index contributed by atoms with van der Waals surface area (Å²) < 4.78 is 5.20. The molecule has 7 aromatic carbocycles. The summed E-state index contributed by atoms with van der Waals surface area (Å²) in [5, 5.41) is 7.84. The van der Waals surface area contributed by atoms with E-state index in [-0.39, 0.29) is 0 Å². The highest BCUT2D eigenvalue weighted by Gasteiger charge is 2.18. The van der Waals surface area contributed by atoms with Gasteiger partial charge in [0, 0.05) is 47.4 Å². The molecule has 1 nitrogen and oxygen atoms in total. The Hall–Kier alpha value is -5.70. The molecule has 54 heavy (non-hydrogen) atoms. The van der Waals surface area contributed by atoms with E-state index >= 15 is 0 Å². The molecule has 0 saturated heterocycles. The zero-order chi connectivity index (χ0) is 36.3. The minimum atomic E-state index is 1.14. The van der Waals surface area contributed by atoms with Crippen LogP contribution in [0.2, 0.25) is 0 Å². The lowest BCUT2D eigenvalue weighted by Crippen LogP contribution is -1.96. The van der Waals surface area contributed by atoms with Crippen molar-refractivity contribution in [2.45, 2.75) is 51.9 Å². The van der Waals surface area contributed by atoms with Crippen LogP contribution in [0.4, 0.5) is 0 Å². The number of hydrogen-bond acceptors (Lipinski definition) is 1. The maximum atomic E-state index is 2.52. The van der Waals surface area contributed by atoms with E-state index in [4.69, 9.17) is 0 Å². The highest BCUT2D eigenvalue weighted by molar-refractivity contribution is 7.26. The number of hydrogen-bond donors (Lipinski definition) is 0. The average Bonchev–Trinajstić information content (AvgIpc) is 3.77. The molecule has 2 heterocycles. The third kappa shape index (κ3) is 6.79. The topological polar surface area (TPSA) is 4.93 Å². The molecule has 9 aromatic rings. The number of thiophene rings is 1. The summed E-state index contributed by atoms with van der Waals surface area (Å²) in [6.45, 7) is 2.29. The van der Waals surface area contributed by atoms with Gasteiger partial charge in [-0.3, -0.25) is 0 Å². The molecule has 0 aliphatic heterocycles. The number of fused-ring (bicyclic) bond motifs is 9. The van der Waals surface area contributed by atoms with E-state index in [2.05, 4.69) is 181 Å². The number of rotatable bonds is 12. The molecule has 0 N–H and O–H groups in total. The maximum absolute atomic E-state index is 2.52. The standard InChI is InChI=1S/C52H45NS/c1-2-3-4-5-6-9-18-39-23-27-42(28-24-39)53-49-35-40(21-19-37-14-10-7-11-15-37)25-29-43(49)45-31-34-48-46(51(45)53)32-33-47-44-30-26-41(36-50(44)54-52(47)48)22-20-38-16-12-8-13-17-38/h7-8,10-17,19-36H,2-6,9,18H2,1H3/b21-19+,22-20+. The molecule has 0 atom stereocenters. The Morgan fingerprint density at radius 2 is 1.00 bits per heavy atom. The van der Waals surface area contributed by atoms with Gasteiger partial charge in [0.1, 0.15) is 0 Å². The van der Waals surface area contributed by atoms with Crippen LogP contribution in [0, 0.1) is 0 Å². The van der Waals surface area contributed by atoms with E-state index in [0.717, 1.165) is 6.42 Å². The molecular weight excluding hydrogens is 671 g/mol. The van der Waals surface area contributed by atoms with Crippen LogP contribution in [-0.2, 0) is 6.42 Å². The first-order chi connectivity index (χ1) is 26.7. The van der Waals surface area contributed by atoms with Crippen molar-refractivity contribution in [3.8, 4) is 5.69 Å². The molecule has 0 aliphatic rings. The van der Waals surface area contributed by atoms with Crippen molar-refractivity contribution in [1.29, 1.82) is 0 Å². The SMILES string of the molecule is CCCCCCCCc1ccc(-n2c3cc(/C=C/c4ccccc4)ccc3c3ccc4c(ccc5c6ccc(/C=C/c7ccccc7)cc6sc54)c32)cc1. The van der Waals surface area contributed by atoms with Gasteiger partial charge in [-0.05, 0) is 64.9 Å². The second-order valence-corrected chi connectivity index (χ2v) is 15.7.